The van der Waals surface area contributed by atoms with Gasteiger partial charge in [-0.05, 0) is 12.1 Å². The summed E-state index contributed by atoms with van der Waals surface area (Å²) in [6, 6.07) is 3.60. The molecular weight excluding hydrogens is 328 g/mol. The van der Waals surface area contributed by atoms with E-state index in [-0.39, 0.29) is 5.91 Å². The van der Waals surface area contributed by atoms with Gasteiger partial charge in [-0.15, -0.1) is 0 Å². The molecule has 24 heavy (non-hydrogen) atoms. The van der Waals surface area contributed by atoms with Crippen LogP contribution in [0.3, 0.4) is 0 Å². The van der Waals surface area contributed by atoms with Crippen LogP contribution in [0.4, 0.5) is 5.82 Å². The van der Waals surface area contributed by atoms with Crippen molar-refractivity contribution in [3.8, 4) is 0 Å². The second kappa shape index (κ2) is 7.63. The molecule has 0 spiro atoms. The molecule has 3 heterocycles. The van der Waals surface area contributed by atoms with E-state index >= 15 is 0 Å². The van der Waals surface area contributed by atoms with E-state index in [1.807, 2.05) is 35.3 Å². The van der Waals surface area contributed by atoms with Crippen molar-refractivity contribution >= 4 is 23.3 Å². The van der Waals surface area contributed by atoms with Gasteiger partial charge in [-0.3, -0.25) is 14.8 Å². The topological polar surface area (TPSA) is 68.4 Å². The smallest absolute Gasteiger partial charge is 0.242 e. The van der Waals surface area contributed by atoms with E-state index in [0.717, 1.165) is 38.5 Å². The summed E-state index contributed by atoms with van der Waals surface area (Å²) in [5.74, 6) is 0.864. The van der Waals surface area contributed by atoms with Crippen LogP contribution in [-0.4, -0.2) is 70.7 Å². The zero-order valence-corrected chi connectivity index (χ0v) is 14.4. The first kappa shape index (κ1) is 16.7. The van der Waals surface area contributed by atoms with Crippen LogP contribution in [0.5, 0.6) is 0 Å². The van der Waals surface area contributed by atoms with Gasteiger partial charge in [0, 0.05) is 57.7 Å². The maximum atomic E-state index is 12.5. The lowest BCUT2D eigenvalue weighted by Gasteiger charge is -2.35. The minimum Gasteiger partial charge on any atom is -0.350 e. The van der Waals surface area contributed by atoms with Crippen molar-refractivity contribution < 1.29 is 4.79 Å². The van der Waals surface area contributed by atoms with Crippen molar-refractivity contribution in [3.63, 3.8) is 0 Å². The van der Waals surface area contributed by atoms with E-state index in [0.29, 0.717) is 11.6 Å². The number of carbonyl (C=O) groups excluding carboxylic acids is 1. The molecule has 2 aromatic rings. The van der Waals surface area contributed by atoms with E-state index in [1.54, 1.807) is 12.3 Å². The Bertz CT molecular complexity index is 652. The molecule has 1 amide bonds. The summed E-state index contributed by atoms with van der Waals surface area (Å²) < 4.78 is 0. The third-order valence-corrected chi connectivity index (χ3v) is 4.38. The summed E-state index contributed by atoms with van der Waals surface area (Å²) in [6.45, 7) is 4.43. The minimum absolute atomic E-state index is 0.122. The monoisotopic (exact) mass is 348 g/mol. The molecule has 0 aliphatic carbocycles. The standard InChI is InChI=1S/C16H21ClN6O/c1-21(15-3-2-14(17)10-18-15)12-16(24)23-6-4-22(5-7-23)11-13-8-19-20-9-13/h2-3,8-10H,4-7,11-12H2,1H3,(H,19,20). The fourth-order valence-corrected chi connectivity index (χ4v) is 2.87. The van der Waals surface area contributed by atoms with Crippen LogP contribution in [0.25, 0.3) is 0 Å². The number of aromatic nitrogens is 3. The Labute approximate surface area is 146 Å². The predicted molar refractivity (Wildman–Crippen MR) is 93.0 cm³/mol. The van der Waals surface area contributed by atoms with Crippen LogP contribution in [-0.2, 0) is 11.3 Å². The number of likely N-dealkylation sites (N-methyl/N-ethyl adjacent to an activating group) is 1. The molecule has 0 unspecified atom stereocenters. The molecule has 1 N–H and O–H groups in total. The molecule has 1 saturated heterocycles. The second-order valence-corrected chi connectivity index (χ2v) is 6.39. The number of piperazine rings is 1. The SMILES string of the molecule is CN(CC(=O)N1CCN(Cc2cn[nH]c2)CC1)c1ccc(Cl)cn1. The number of nitrogens with one attached hydrogen (secondary N) is 1. The highest BCUT2D eigenvalue weighted by molar-refractivity contribution is 6.30. The van der Waals surface area contributed by atoms with Gasteiger partial charge in [-0.1, -0.05) is 11.6 Å². The molecule has 0 aromatic carbocycles. The second-order valence-electron chi connectivity index (χ2n) is 5.95. The fraction of sp³-hybridized carbons (Fsp3) is 0.438. The molecule has 3 rings (SSSR count). The lowest BCUT2D eigenvalue weighted by atomic mass is 10.2. The number of aromatic amines is 1. The third kappa shape index (κ3) is 4.24. The summed E-state index contributed by atoms with van der Waals surface area (Å²) in [6.07, 6.45) is 5.34. The molecule has 128 valence electrons. The zero-order valence-electron chi connectivity index (χ0n) is 13.7. The highest BCUT2D eigenvalue weighted by atomic mass is 35.5. The van der Waals surface area contributed by atoms with Gasteiger partial charge in [0.1, 0.15) is 5.82 Å². The van der Waals surface area contributed by atoms with Gasteiger partial charge < -0.3 is 9.80 Å². The van der Waals surface area contributed by atoms with Gasteiger partial charge in [0.15, 0.2) is 0 Å². The Balaban J connectivity index is 1.47. The number of anilines is 1. The summed E-state index contributed by atoms with van der Waals surface area (Å²) in [4.78, 5) is 22.8. The first-order valence-corrected chi connectivity index (χ1v) is 8.30. The van der Waals surface area contributed by atoms with E-state index in [4.69, 9.17) is 11.6 Å². The van der Waals surface area contributed by atoms with Crippen molar-refractivity contribution in [1.29, 1.82) is 0 Å². The number of hydrogen-bond donors (Lipinski definition) is 1. The Morgan fingerprint density at radius 2 is 2.08 bits per heavy atom. The number of hydrogen-bond acceptors (Lipinski definition) is 5. The largest absolute Gasteiger partial charge is 0.350 e. The third-order valence-electron chi connectivity index (χ3n) is 4.16. The van der Waals surface area contributed by atoms with Gasteiger partial charge in [-0.25, -0.2) is 4.98 Å². The van der Waals surface area contributed by atoms with Gasteiger partial charge >= 0.3 is 0 Å². The molecule has 0 atom stereocenters. The molecule has 1 aliphatic rings. The number of halogens is 1. The normalized spacial score (nSPS) is 15.5. The molecule has 2 aromatic heterocycles. The maximum Gasteiger partial charge on any atom is 0.242 e. The molecule has 0 radical (unpaired) electrons. The molecule has 7 nitrogen and oxygen atoms in total. The fourth-order valence-electron chi connectivity index (χ4n) is 2.76. The number of pyridine rings is 1. The summed E-state index contributed by atoms with van der Waals surface area (Å²) >= 11 is 5.84. The molecule has 0 bridgehead atoms. The average Bonchev–Trinajstić information content (AvgIpc) is 3.09. The lowest BCUT2D eigenvalue weighted by Crippen LogP contribution is -2.50. The van der Waals surface area contributed by atoms with Gasteiger partial charge in [-0.2, -0.15) is 5.10 Å². The average molecular weight is 349 g/mol. The van der Waals surface area contributed by atoms with Crippen LogP contribution >= 0.6 is 11.6 Å². The van der Waals surface area contributed by atoms with Crippen molar-refractivity contribution in [2.75, 3.05) is 44.7 Å². The van der Waals surface area contributed by atoms with Crippen LogP contribution in [0.1, 0.15) is 5.56 Å². The molecular formula is C16H21ClN6O. The van der Waals surface area contributed by atoms with E-state index in [9.17, 15) is 4.79 Å². The maximum absolute atomic E-state index is 12.5. The molecule has 8 heteroatoms. The van der Waals surface area contributed by atoms with Gasteiger partial charge in [0.05, 0.1) is 17.8 Å². The molecule has 1 aliphatic heterocycles. The Morgan fingerprint density at radius 3 is 2.71 bits per heavy atom. The van der Waals surface area contributed by atoms with Crippen LogP contribution < -0.4 is 4.90 Å². The quantitative estimate of drug-likeness (QED) is 0.880. The highest BCUT2D eigenvalue weighted by Crippen LogP contribution is 2.13. The predicted octanol–water partition coefficient (Wildman–Crippen LogP) is 1.24. The van der Waals surface area contributed by atoms with Crippen LogP contribution in [0, 0.1) is 0 Å². The number of H-pyrrole nitrogens is 1. The summed E-state index contributed by atoms with van der Waals surface area (Å²) in [5, 5.41) is 7.38. The van der Waals surface area contributed by atoms with E-state index in [2.05, 4.69) is 20.1 Å². The van der Waals surface area contributed by atoms with Gasteiger partial charge in [0.25, 0.3) is 0 Å². The number of amides is 1. The summed E-state index contributed by atoms with van der Waals surface area (Å²) in [5.41, 5.74) is 1.17. The number of nitrogens with zero attached hydrogens (tertiary/aromatic N) is 5. The summed E-state index contributed by atoms with van der Waals surface area (Å²) in [7, 11) is 1.86. The first-order valence-electron chi connectivity index (χ1n) is 7.92. The van der Waals surface area contributed by atoms with Crippen LogP contribution in [0.15, 0.2) is 30.7 Å². The van der Waals surface area contributed by atoms with Crippen molar-refractivity contribution in [2.24, 2.45) is 0 Å². The van der Waals surface area contributed by atoms with Crippen molar-refractivity contribution in [2.45, 2.75) is 6.54 Å². The van der Waals surface area contributed by atoms with Crippen molar-refractivity contribution in [1.82, 2.24) is 25.0 Å². The highest BCUT2D eigenvalue weighted by Gasteiger charge is 2.22. The first-order chi connectivity index (χ1) is 11.6. The van der Waals surface area contributed by atoms with E-state index < -0.39 is 0 Å². The Morgan fingerprint density at radius 1 is 1.29 bits per heavy atom. The van der Waals surface area contributed by atoms with E-state index in [1.165, 1.54) is 5.56 Å². The van der Waals surface area contributed by atoms with Crippen molar-refractivity contribution in [3.05, 3.63) is 41.3 Å². The zero-order chi connectivity index (χ0) is 16.9. The number of rotatable bonds is 5. The molecule has 1 fully saturated rings. The minimum atomic E-state index is 0.122. The van der Waals surface area contributed by atoms with Crippen LogP contribution in [0.2, 0.25) is 5.02 Å². The number of carbonyl (C=O) groups is 1. The van der Waals surface area contributed by atoms with Gasteiger partial charge in [0.2, 0.25) is 5.91 Å². The molecule has 0 saturated carbocycles. The lowest BCUT2D eigenvalue weighted by molar-refractivity contribution is -0.131. The Kier molecular flexibility index (Phi) is 5.32. The Hall–Kier alpha value is -2.12.